The summed E-state index contributed by atoms with van der Waals surface area (Å²) in [6.07, 6.45) is 2.71. The van der Waals surface area contributed by atoms with Gasteiger partial charge in [-0.2, -0.15) is 0 Å². The van der Waals surface area contributed by atoms with Crippen molar-refractivity contribution < 1.29 is 14.3 Å². The van der Waals surface area contributed by atoms with Crippen LogP contribution in [-0.4, -0.2) is 20.1 Å². The topological polar surface area (TPSA) is 46.5 Å². The third-order valence-corrected chi connectivity index (χ3v) is 3.23. The van der Waals surface area contributed by atoms with E-state index in [1.165, 1.54) is 5.56 Å². The normalized spacial score (nSPS) is 12.1. The van der Waals surface area contributed by atoms with Crippen LogP contribution in [0.1, 0.15) is 31.9 Å². The second-order valence-electron chi connectivity index (χ2n) is 5.68. The van der Waals surface area contributed by atoms with E-state index in [2.05, 4.69) is 33.9 Å². The van der Waals surface area contributed by atoms with Crippen molar-refractivity contribution in [2.24, 2.45) is 0 Å². The molecule has 1 N–H and O–H groups in total. The zero-order chi connectivity index (χ0) is 14.6. The van der Waals surface area contributed by atoms with Gasteiger partial charge in [-0.3, -0.25) is 0 Å². The summed E-state index contributed by atoms with van der Waals surface area (Å²) in [6.45, 7) is 10.5. The molecule has 0 bridgehead atoms. The van der Waals surface area contributed by atoms with Gasteiger partial charge in [0.25, 0.3) is 9.04 Å². The Kier molecular flexibility index (Phi) is 4.95. The minimum Gasteiger partial charge on any atom is -0.542 e. The van der Waals surface area contributed by atoms with Gasteiger partial charge in [-0.1, -0.05) is 32.9 Å². The Morgan fingerprint density at radius 1 is 1.32 bits per heavy atom. The third kappa shape index (κ3) is 4.91. The number of aliphatic carboxylic acids is 1. The van der Waals surface area contributed by atoms with E-state index in [1.54, 1.807) is 6.08 Å². The molecule has 0 aliphatic carbocycles. The molecule has 0 saturated carbocycles. The molecule has 0 spiro atoms. The summed E-state index contributed by atoms with van der Waals surface area (Å²) >= 11 is 0. The molecule has 0 aromatic heterocycles. The molecule has 0 unspecified atom stereocenters. The Balaban J connectivity index is 3.20. The van der Waals surface area contributed by atoms with Gasteiger partial charge in [0.1, 0.15) is 5.75 Å². The molecule has 0 aliphatic heterocycles. The number of carboxylic acid groups (broad SMARTS) is 1. The maximum absolute atomic E-state index is 10.6. The molecule has 103 valence electrons. The summed E-state index contributed by atoms with van der Waals surface area (Å²) in [6, 6.07) is 5.95. The van der Waals surface area contributed by atoms with E-state index >= 15 is 0 Å². The predicted octanol–water partition coefficient (Wildman–Crippen LogP) is 3.71. The highest BCUT2D eigenvalue weighted by Gasteiger charge is 2.16. The Bertz CT molecular complexity index is 485. The Morgan fingerprint density at radius 2 is 1.95 bits per heavy atom. The standard InChI is InChI=1S/C15H21O3Si/c1-15(2,3)12-8-6-11(7-9-14(16)17)13(10-12)18-19(4)5/h6-10H,1-5H3,(H,16,17)/b9-7+. The van der Waals surface area contributed by atoms with Gasteiger partial charge in [0, 0.05) is 11.6 Å². The van der Waals surface area contributed by atoms with Crippen LogP contribution in [0.5, 0.6) is 5.75 Å². The number of benzene rings is 1. The fourth-order valence-corrected chi connectivity index (χ4v) is 2.22. The Labute approximate surface area is 116 Å². The fraction of sp³-hybridized carbons (Fsp3) is 0.400. The van der Waals surface area contributed by atoms with Gasteiger partial charge in [-0.25, -0.2) is 4.79 Å². The van der Waals surface area contributed by atoms with Crippen LogP contribution in [-0.2, 0) is 10.2 Å². The van der Waals surface area contributed by atoms with Crippen molar-refractivity contribution in [2.45, 2.75) is 39.3 Å². The fourth-order valence-electron chi connectivity index (χ4n) is 1.61. The van der Waals surface area contributed by atoms with E-state index in [9.17, 15) is 4.79 Å². The molecular formula is C15H21O3Si. The first kappa shape index (κ1) is 15.5. The van der Waals surface area contributed by atoms with Crippen molar-refractivity contribution in [1.29, 1.82) is 0 Å². The van der Waals surface area contributed by atoms with E-state index in [0.29, 0.717) is 0 Å². The SMILES string of the molecule is C[Si](C)Oc1cc(C(C)(C)C)ccc1/C=C/C(=O)O. The van der Waals surface area contributed by atoms with Crippen LogP contribution in [0, 0.1) is 0 Å². The van der Waals surface area contributed by atoms with Crippen molar-refractivity contribution in [1.82, 2.24) is 0 Å². The number of hydrogen-bond acceptors (Lipinski definition) is 2. The summed E-state index contributed by atoms with van der Waals surface area (Å²) in [5.41, 5.74) is 2.03. The van der Waals surface area contributed by atoms with E-state index in [4.69, 9.17) is 9.53 Å². The van der Waals surface area contributed by atoms with E-state index in [0.717, 1.165) is 17.4 Å². The molecule has 1 radical (unpaired) electrons. The Hall–Kier alpha value is -1.55. The summed E-state index contributed by atoms with van der Waals surface area (Å²) in [5, 5.41) is 8.71. The number of carboxylic acids is 1. The second-order valence-corrected chi connectivity index (χ2v) is 7.71. The zero-order valence-electron chi connectivity index (χ0n) is 12.2. The second kappa shape index (κ2) is 6.06. The molecule has 1 aromatic rings. The minimum absolute atomic E-state index is 0.0432. The van der Waals surface area contributed by atoms with Crippen LogP contribution < -0.4 is 4.43 Å². The van der Waals surface area contributed by atoms with Crippen LogP contribution in [0.15, 0.2) is 24.3 Å². The molecule has 1 aromatic carbocycles. The average molecular weight is 277 g/mol. The number of rotatable bonds is 4. The van der Waals surface area contributed by atoms with E-state index < -0.39 is 15.0 Å². The average Bonchev–Trinajstić information content (AvgIpc) is 2.25. The van der Waals surface area contributed by atoms with Gasteiger partial charge in [0.05, 0.1) is 0 Å². The highest BCUT2D eigenvalue weighted by molar-refractivity contribution is 6.49. The smallest absolute Gasteiger partial charge is 0.328 e. The monoisotopic (exact) mass is 277 g/mol. The van der Waals surface area contributed by atoms with Crippen LogP contribution in [0.25, 0.3) is 6.08 Å². The van der Waals surface area contributed by atoms with Gasteiger partial charge in [0.15, 0.2) is 0 Å². The third-order valence-electron chi connectivity index (χ3n) is 2.60. The lowest BCUT2D eigenvalue weighted by Gasteiger charge is -2.21. The zero-order valence-corrected chi connectivity index (χ0v) is 13.2. The maximum Gasteiger partial charge on any atom is 0.328 e. The van der Waals surface area contributed by atoms with Crippen LogP contribution in [0.3, 0.4) is 0 Å². The lowest BCUT2D eigenvalue weighted by molar-refractivity contribution is -0.131. The quantitative estimate of drug-likeness (QED) is 0.674. The van der Waals surface area contributed by atoms with Crippen molar-refractivity contribution >= 4 is 21.1 Å². The summed E-state index contributed by atoms with van der Waals surface area (Å²) in [7, 11) is -0.890. The minimum atomic E-state index is -0.954. The summed E-state index contributed by atoms with van der Waals surface area (Å²) < 4.78 is 5.87. The molecule has 0 amide bonds. The molecule has 4 heteroatoms. The van der Waals surface area contributed by atoms with Gasteiger partial charge < -0.3 is 9.53 Å². The van der Waals surface area contributed by atoms with Crippen molar-refractivity contribution in [2.75, 3.05) is 0 Å². The molecular weight excluding hydrogens is 256 g/mol. The van der Waals surface area contributed by atoms with Crippen molar-refractivity contribution in [3.05, 3.63) is 35.4 Å². The molecule has 0 heterocycles. The number of carbonyl (C=O) groups is 1. The highest BCUT2D eigenvalue weighted by Crippen LogP contribution is 2.29. The lowest BCUT2D eigenvalue weighted by Crippen LogP contribution is -2.15. The molecule has 19 heavy (non-hydrogen) atoms. The highest BCUT2D eigenvalue weighted by atomic mass is 28.3. The van der Waals surface area contributed by atoms with Gasteiger partial charge >= 0.3 is 5.97 Å². The molecule has 0 aliphatic rings. The summed E-state index contributed by atoms with van der Waals surface area (Å²) in [4.78, 5) is 10.6. The largest absolute Gasteiger partial charge is 0.542 e. The molecule has 0 atom stereocenters. The van der Waals surface area contributed by atoms with Crippen LogP contribution in [0.4, 0.5) is 0 Å². The van der Waals surface area contributed by atoms with Crippen molar-refractivity contribution in [3.63, 3.8) is 0 Å². The molecule has 1 rings (SSSR count). The van der Waals surface area contributed by atoms with Crippen LogP contribution >= 0.6 is 0 Å². The Morgan fingerprint density at radius 3 is 2.42 bits per heavy atom. The van der Waals surface area contributed by atoms with E-state index in [-0.39, 0.29) is 5.41 Å². The number of hydrogen-bond donors (Lipinski definition) is 1. The lowest BCUT2D eigenvalue weighted by atomic mass is 9.86. The van der Waals surface area contributed by atoms with Gasteiger partial charge in [-0.15, -0.1) is 0 Å². The predicted molar refractivity (Wildman–Crippen MR) is 79.9 cm³/mol. The first-order valence-corrected chi connectivity index (χ1v) is 8.64. The van der Waals surface area contributed by atoms with Gasteiger partial charge in [-0.05, 0) is 36.2 Å². The van der Waals surface area contributed by atoms with E-state index in [1.807, 2.05) is 18.2 Å². The summed E-state index contributed by atoms with van der Waals surface area (Å²) in [5.74, 6) is -0.187. The maximum atomic E-state index is 10.6. The molecule has 0 fully saturated rings. The van der Waals surface area contributed by atoms with Crippen LogP contribution in [0.2, 0.25) is 13.1 Å². The van der Waals surface area contributed by atoms with Crippen molar-refractivity contribution in [3.8, 4) is 5.75 Å². The molecule has 0 saturated heterocycles. The first-order valence-electron chi connectivity index (χ1n) is 6.23. The molecule has 3 nitrogen and oxygen atoms in total. The first-order chi connectivity index (χ1) is 8.70. The van der Waals surface area contributed by atoms with Gasteiger partial charge in [0.2, 0.25) is 0 Å².